The lowest BCUT2D eigenvalue weighted by Gasteiger charge is -2.21. The lowest BCUT2D eigenvalue weighted by atomic mass is 10.2. The smallest absolute Gasteiger partial charge is 0.252 e. The van der Waals surface area contributed by atoms with Gasteiger partial charge in [0.2, 0.25) is 5.91 Å². The fourth-order valence-electron chi connectivity index (χ4n) is 2.33. The van der Waals surface area contributed by atoms with E-state index in [0.29, 0.717) is 5.56 Å². The van der Waals surface area contributed by atoms with Gasteiger partial charge in [-0.25, -0.2) is 0 Å². The molecule has 108 valence electrons. The van der Waals surface area contributed by atoms with E-state index >= 15 is 0 Å². The first-order valence-electron chi connectivity index (χ1n) is 6.51. The van der Waals surface area contributed by atoms with E-state index in [4.69, 9.17) is 0 Å². The average Bonchev–Trinajstić information content (AvgIpc) is 2.84. The van der Waals surface area contributed by atoms with Crippen molar-refractivity contribution in [1.82, 2.24) is 10.2 Å². The van der Waals surface area contributed by atoms with E-state index in [1.54, 1.807) is 6.07 Å². The SMILES string of the molecule is CC1CCCN1C(=O)CNC(=O)c1cc(I)ccc1Br. The van der Waals surface area contributed by atoms with Gasteiger partial charge in [0.15, 0.2) is 0 Å². The van der Waals surface area contributed by atoms with Crippen LogP contribution in [0.3, 0.4) is 0 Å². The lowest BCUT2D eigenvalue weighted by molar-refractivity contribution is -0.130. The van der Waals surface area contributed by atoms with Gasteiger partial charge in [0, 0.05) is 20.6 Å². The van der Waals surface area contributed by atoms with Gasteiger partial charge in [-0.2, -0.15) is 0 Å². The fourth-order valence-corrected chi connectivity index (χ4v) is 3.25. The molecule has 1 atom stereocenters. The predicted molar refractivity (Wildman–Crippen MR) is 89.6 cm³/mol. The highest BCUT2D eigenvalue weighted by Crippen LogP contribution is 2.19. The molecule has 0 spiro atoms. The van der Waals surface area contributed by atoms with Crippen LogP contribution in [-0.4, -0.2) is 35.8 Å². The van der Waals surface area contributed by atoms with Gasteiger partial charge in [0.05, 0.1) is 12.1 Å². The maximum atomic E-state index is 12.1. The molecule has 1 aliphatic rings. The van der Waals surface area contributed by atoms with Crippen molar-refractivity contribution in [1.29, 1.82) is 0 Å². The molecule has 4 nitrogen and oxygen atoms in total. The molecule has 0 bridgehead atoms. The van der Waals surface area contributed by atoms with Gasteiger partial charge in [-0.1, -0.05) is 0 Å². The Labute approximate surface area is 140 Å². The third-order valence-electron chi connectivity index (χ3n) is 3.45. The van der Waals surface area contributed by atoms with Gasteiger partial charge in [0.1, 0.15) is 0 Å². The highest BCUT2D eigenvalue weighted by Gasteiger charge is 2.25. The first-order valence-corrected chi connectivity index (χ1v) is 8.39. The van der Waals surface area contributed by atoms with Crippen LogP contribution in [0.4, 0.5) is 0 Å². The Balaban J connectivity index is 1.95. The summed E-state index contributed by atoms with van der Waals surface area (Å²) in [7, 11) is 0. The first kappa shape index (κ1) is 15.8. The molecule has 1 heterocycles. The minimum absolute atomic E-state index is 0.00917. The van der Waals surface area contributed by atoms with Crippen molar-refractivity contribution in [2.24, 2.45) is 0 Å². The molecule has 6 heteroatoms. The average molecular weight is 451 g/mol. The van der Waals surface area contributed by atoms with Crippen molar-refractivity contribution in [3.8, 4) is 0 Å². The van der Waals surface area contributed by atoms with E-state index in [-0.39, 0.29) is 24.4 Å². The van der Waals surface area contributed by atoms with E-state index < -0.39 is 0 Å². The van der Waals surface area contributed by atoms with Crippen molar-refractivity contribution in [2.45, 2.75) is 25.8 Å². The van der Waals surface area contributed by atoms with E-state index in [1.807, 2.05) is 24.0 Å². The van der Waals surface area contributed by atoms with Crippen molar-refractivity contribution in [2.75, 3.05) is 13.1 Å². The highest BCUT2D eigenvalue weighted by atomic mass is 127. The number of carbonyl (C=O) groups is 2. The van der Waals surface area contributed by atoms with Gasteiger partial charge >= 0.3 is 0 Å². The number of hydrogen-bond acceptors (Lipinski definition) is 2. The van der Waals surface area contributed by atoms with Gasteiger partial charge < -0.3 is 10.2 Å². The number of likely N-dealkylation sites (tertiary alicyclic amines) is 1. The zero-order chi connectivity index (χ0) is 14.7. The van der Waals surface area contributed by atoms with Gasteiger partial charge in [-0.15, -0.1) is 0 Å². The van der Waals surface area contributed by atoms with E-state index in [2.05, 4.69) is 43.8 Å². The maximum absolute atomic E-state index is 12.1. The van der Waals surface area contributed by atoms with Crippen LogP contribution in [0, 0.1) is 3.57 Å². The van der Waals surface area contributed by atoms with Crippen LogP contribution < -0.4 is 5.32 Å². The van der Waals surface area contributed by atoms with Crippen LogP contribution in [0.15, 0.2) is 22.7 Å². The predicted octanol–water partition coefficient (Wildman–Crippen LogP) is 2.79. The Bertz CT molecular complexity index is 536. The number of nitrogens with zero attached hydrogens (tertiary/aromatic N) is 1. The maximum Gasteiger partial charge on any atom is 0.252 e. The summed E-state index contributed by atoms with van der Waals surface area (Å²) in [6.07, 6.45) is 2.09. The van der Waals surface area contributed by atoms with Crippen molar-refractivity contribution >= 4 is 50.3 Å². The second-order valence-corrected chi connectivity index (χ2v) is 6.99. The lowest BCUT2D eigenvalue weighted by Crippen LogP contribution is -2.41. The third kappa shape index (κ3) is 3.72. The zero-order valence-corrected chi connectivity index (χ0v) is 14.9. The summed E-state index contributed by atoms with van der Waals surface area (Å²) in [5, 5.41) is 2.70. The number of hydrogen-bond donors (Lipinski definition) is 1. The molecular formula is C14H16BrIN2O2. The van der Waals surface area contributed by atoms with Gasteiger partial charge in [0.25, 0.3) is 5.91 Å². The molecule has 0 aromatic heterocycles. The largest absolute Gasteiger partial charge is 0.343 e. The molecule has 2 rings (SSSR count). The minimum atomic E-state index is -0.226. The van der Waals surface area contributed by atoms with Crippen LogP contribution in [-0.2, 0) is 4.79 Å². The second kappa shape index (κ2) is 6.89. The fraction of sp³-hybridized carbons (Fsp3) is 0.429. The number of amides is 2. The molecular weight excluding hydrogens is 435 g/mol. The molecule has 1 aliphatic heterocycles. The summed E-state index contributed by atoms with van der Waals surface area (Å²) in [6.45, 7) is 2.90. The molecule has 1 unspecified atom stereocenters. The molecule has 20 heavy (non-hydrogen) atoms. The quantitative estimate of drug-likeness (QED) is 0.720. The van der Waals surface area contributed by atoms with E-state index in [0.717, 1.165) is 27.4 Å². The summed E-state index contributed by atoms with van der Waals surface area (Å²) in [5.74, 6) is -0.235. The molecule has 2 amide bonds. The summed E-state index contributed by atoms with van der Waals surface area (Å²) in [5.41, 5.74) is 0.555. The molecule has 1 aromatic rings. The van der Waals surface area contributed by atoms with Crippen molar-refractivity contribution < 1.29 is 9.59 Å². The monoisotopic (exact) mass is 450 g/mol. The normalized spacial score (nSPS) is 18.1. The Morgan fingerprint density at radius 2 is 2.25 bits per heavy atom. The highest BCUT2D eigenvalue weighted by molar-refractivity contribution is 14.1. The van der Waals surface area contributed by atoms with Crippen LogP contribution in [0.25, 0.3) is 0 Å². The summed E-state index contributed by atoms with van der Waals surface area (Å²) >= 11 is 5.51. The molecule has 1 fully saturated rings. The summed E-state index contributed by atoms with van der Waals surface area (Å²) in [6, 6.07) is 5.83. The molecule has 1 N–H and O–H groups in total. The number of nitrogens with one attached hydrogen (secondary N) is 1. The van der Waals surface area contributed by atoms with E-state index in [9.17, 15) is 9.59 Å². The Morgan fingerprint density at radius 1 is 1.50 bits per heavy atom. The topological polar surface area (TPSA) is 49.4 Å². The first-order chi connectivity index (χ1) is 9.49. The number of carbonyl (C=O) groups excluding carboxylic acids is 2. The molecule has 0 radical (unpaired) electrons. The second-order valence-electron chi connectivity index (χ2n) is 4.89. The van der Waals surface area contributed by atoms with Crippen LogP contribution in [0.1, 0.15) is 30.1 Å². The Morgan fingerprint density at radius 3 is 2.90 bits per heavy atom. The number of halogens is 2. The van der Waals surface area contributed by atoms with Crippen LogP contribution in [0.2, 0.25) is 0 Å². The number of rotatable bonds is 3. The number of benzene rings is 1. The van der Waals surface area contributed by atoms with Crippen LogP contribution >= 0.6 is 38.5 Å². The van der Waals surface area contributed by atoms with Gasteiger partial charge in [-0.05, 0) is 76.5 Å². The molecule has 0 aliphatic carbocycles. The minimum Gasteiger partial charge on any atom is -0.343 e. The van der Waals surface area contributed by atoms with Gasteiger partial charge in [-0.3, -0.25) is 9.59 Å². The standard InChI is InChI=1S/C14H16BrIN2O2/c1-9-3-2-6-18(9)13(19)8-17-14(20)11-7-10(16)4-5-12(11)15/h4-5,7,9H,2-3,6,8H2,1H3,(H,17,20). The van der Waals surface area contributed by atoms with Crippen molar-refractivity contribution in [3.63, 3.8) is 0 Å². The zero-order valence-electron chi connectivity index (χ0n) is 11.2. The Kier molecular flexibility index (Phi) is 5.42. The van der Waals surface area contributed by atoms with Crippen molar-refractivity contribution in [3.05, 3.63) is 31.8 Å². The molecule has 1 aromatic carbocycles. The molecule has 0 saturated carbocycles. The third-order valence-corrected chi connectivity index (χ3v) is 4.81. The summed E-state index contributed by atoms with van der Waals surface area (Å²) in [4.78, 5) is 26.0. The van der Waals surface area contributed by atoms with Crippen LogP contribution in [0.5, 0.6) is 0 Å². The Hall–Kier alpha value is -0.630. The summed E-state index contributed by atoms with van der Waals surface area (Å²) < 4.78 is 1.72. The molecule has 1 saturated heterocycles. The van der Waals surface area contributed by atoms with E-state index in [1.165, 1.54) is 0 Å².